The maximum Gasteiger partial charge on any atom is 0.201 e. The number of aromatic amines is 1. The summed E-state index contributed by atoms with van der Waals surface area (Å²) in [5, 5.41) is 14.9. The summed E-state index contributed by atoms with van der Waals surface area (Å²) < 4.78 is 8.64. The average molecular weight is 478 g/mol. The standard InChI is InChI=1S/C28H27N7O/c1-6-23-30-26-16(3)11-17(4)29-28(26)35(23)20-12-15(2)24-22(13-20)36-14-19-9-7-8-10-21(19)25(24)18(5)27-31-33-34-32-27/h7-13H,6,14H2,1-5H3,(H,31,32,33,34)/b25-18-. The van der Waals surface area contributed by atoms with Crippen molar-refractivity contribution in [2.75, 3.05) is 0 Å². The molecule has 8 nitrogen and oxygen atoms in total. The number of pyridine rings is 1. The smallest absolute Gasteiger partial charge is 0.201 e. The van der Waals surface area contributed by atoms with E-state index in [9.17, 15) is 0 Å². The molecular weight excluding hydrogens is 450 g/mol. The Kier molecular flexibility index (Phi) is 5.17. The lowest BCUT2D eigenvalue weighted by Crippen LogP contribution is -2.05. The van der Waals surface area contributed by atoms with Crippen molar-refractivity contribution in [3.05, 3.63) is 87.6 Å². The number of ether oxygens (including phenoxy) is 1. The number of benzene rings is 2. The number of tetrazole rings is 1. The number of nitrogens with zero attached hydrogens (tertiary/aromatic N) is 6. The van der Waals surface area contributed by atoms with Gasteiger partial charge in [0.05, 0.1) is 5.69 Å². The molecule has 0 aliphatic carbocycles. The van der Waals surface area contributed by atoms with Crippen molar-refractivity contribution in [2.24, 2.45) is 0 Å². The highest BCUT2D eigenvalue weighted by Gasteiger charge is 2.26. The zero-order valence-corrected chi connectivity index (χ0v) is 21.0. The van der Waals surface area contributed by atoms with Gasteiger partial charge in [-0.15, -0.1) is 10.2 Å². The van der Waals surface area contributed by atoms with Crippen molar-refractivity contribution in [1.82, 2.24) is 35.2 Å². The minimum atomic E-state index is 0.469. The molecule has 0 amide bonds. The number of imidazole rings is 1. The first-order valence-corrected chi connectivity index (χ1v) is 12.1. The Labute approximate surface area is 209 Å². The lowest BCUT2D eigenvalue weighted by atomic mass is 9.88. The van der Waals surface area contributed by atoms with Gasteiger partial charge in [-0.25, -0.2) is 9.97 Å². The summed E-state index contributed by atoms with van der Waals surface area (Å²) >= 11 is 0. The number of aryl methyl sites for hydroxylation is 4. The molecule has 2 aromatic carbocycles. The van der Waals surface area contributed by atoms with Crippen LogP contribution in [0.1, 0.15) is 59.0 Å². The second kappa shape index (κ2) is 8.41. The highest BCUT2D eigenvalue weighted by Crippen LogP contribution is 2.43. The molecule has 1 aliphatic heterocycles. The number of aromatic nitrogens is 7. The topological polar surface area (TPSA) is 94.4 Å². The Hall–Kier alpha value is -4.33. The van der Waals surface area contributed by atoms with Crippen LogP contribution < -0.4 is 4.74 Å². The normalized spacial score (nSPS) is 14.2. The Morgan fingerprint density at radius 2 is 1.89 bits per heavy atom. The highest BCUT2D eigenvalue weighted by molar-refractivity contribution is 6.00. The van der Waals surface area contributed by atoms with E-state index in [2.05, 4.69) is 82.4 Å². The molecule has 3 aromatic heterocycles. The molecule has 1 aliphatic rings. The van der Waals surface area contributed by atoms with E-state index in [1.54, 1.807) is 0 Å². The van der Waals surface area contributed by atoms with Crippen LogP contribution in [0.2, 0.25) is 0 Å². The molecule has 0 spiro atoms. The van der Waals surface area contributed by atoms with Gasteiger partial charge in [0.2, 0.25) is 5.82 Å². The van der Waals surface area contributed by atoms with Gasteiger partial charge in [0.15, 0.2) is 5.65 Å². The number of allylic oxidation sites excluding steroid dienone is 1. The van der Waals surface area contributed by atoms with Crippen LogP contribution in [0.4, 0.5) is 0 Å². The van der Waals surface area contributed by atoms with Crippen LogP contribution >= 0.6 is 0 Å². The van der Waals surface area contributed by atoms with E-state index in [1.165, 1.54) is 0 Å². The van der Waals surface area contributed by atoms with Gasteiger partial charge in [-0.3, -0.25) is 4.57 Å². The summed E-state index contributed by atoms with van der Waals surface area (Å²) in [4.78, 5) is 9.82. The SMILES string of the molecule is CCc1nc2c(C)cc(C)nc2n1-c1cc(C)c2c(c1)OCc1ccccc1/C2=C(\C)c1nn[nH]n1. The molecule has 5 aromatic rings. The number of nitrogens with one attached hydrogen (secondary N) is 1. The lowest BCUT2D eigenvalue weighted by molar-refractivity contribution is 0.307. The minimum absolute atomic E-state index is 0.469. The molecule has 0 unspecified atom stereocenters. The summed E-state index contributed by atoms with van der Waals surface area (Å²) in [6.07, 6.45) is 0.791. The van der Waals surface area contributed by atoms with Crippen LogP contribution in [0.3, 0.4) is 0 Å². The molecule has 0 bridgehead atoms. The number of rotatable bonds is 3. The van der Waals surface area contributed by atoms with Crippen molar-refractivity contribution in [3.8, 4) is 11.4 Å². The molecule has 1 N–H and O–H groups in total. The van der Waals surface area contributed by atoms with Crippen LogP contribution in [0.15, 0.2) is 42.5 Å². The van der Waals surface area contributed by atoms with E-state index >= 15 is 0 Å². The zero-order chi connectivity index (χ0) is 25.0. The summed E-state index contributed by atoms with van der Waals surface area (Å²) in [6, 6.07) is 14.7. The van der Waals surface area contributed by atoms with Crippen LogP contribution in [-0.4, -0.2) is 35.2 Å². The molecule has 36 heavy (non-hydrogen) atoms. The van der Waals surface area contributed by atoms with E-state index in [4.69, 9.17) is 14.7 Å². The predicted molar refractivity (Wildman–Crippen MR) is 139 cm³/mol. The number of fused-ring (bicyclic) bond motifs is 3. The first kappa shape index (κ1) is 22.2. The van der Waals surface area contributed by atoms with Gasteiger partial charge in [0, 0.05) is 34.9 Å². The van der Waals surface area contributed by atoms with Gasteiger partial charge in [0.1, 0.15) is 23.7 Å². The van der Waals surface area contributed by atoms with Crippen molar-refractivity contribution in [3.63, 3.8) is 0 Å². The van der Waals surface area contributed by atoms with Gasteiger partial charge in [-0.2, -0.15) is 5.21 Å². The van der Waals surface area contributed by atoms with Crippen molar-refractivity contribution >= 4 is 22.3 Å². The van der Waals surface area contributed by atoms with Crippen LogP contribution in [0.25, 0.3) is 28.0 Å². The quantitative estimate of drug-likeness (QED) is 0.379. The van der Waals surface area contributed by atoms with Crippen LogP contribution in [0, 0.1) is 20.8 Å². The maximum absolute atomic E-state index is 6.47. The van der Waals surface area contributed by atoms with Crippen LogP contribution in [-0.2, 0) is 13.0 Å². The third kappa shape index (κ3) is 3.40. The van der Waals surface area contributed by atoms with E-state index in [0.717, 1.165) is 79.5 Å². The number of hydrogen-bond donors (Lipinski definition) is 1. The Bertz CT molecular complexity index is 1660. The molecule has 0 saturated carbocycles. The maximum atomic E-state index is 6.47. The molecule has 0 saturated heterocycles. The summed E-state index contributed by atoms with van der Waals surface area (Å²) in [6.45, 7) is 10.9. The van der Waals surface area contributed by atoms with Crippen molar-refractivity contribution in [1.29, 1.82) is 0 Å². The molecule has 0 fully saturated rings. The third-order valence-corrected chi connectivity index (χ3v) is 6.84. The number of H-pyrrole nitrogens is 1. The fraction of sp³-hybridized carbons (Fsp3) is 0.250. The highest BCUT2D eigenvalue weighted by atomic mass is 16.5. The van der Waals surface area contributed by atoms with Gasteiger partial charge >= 0.3 is 0 Å². The van der Waals surface area contributed by atoms with Crippen molar-refractivity contribution in [2.45, 2.75) is 47.6 Å². The predicted octanol–water partition coefficient (Wildman–Crippen LogP) is 5.29. The van der Waals surface area contributed by atoms with Gasteiger partial charge in [-0.05, 0) is 67.3 Å². The summed E-state index contributed by atoms with van der Waals surface area (Å²) in [5.41, 5.74) is 11.3. The second-order valence-corrected chi connectivity index (χ2v) is 9.29. The monoisotopic (exact) mass is 477 g/mol. The molecular formula is C28H27N7O. The average Bonchev–Trinajstić information content (AvgIpc) is 3.49. The molecule has 0 atom stereocenters. The fourth-order valence-electron chi connectivity index (χ4n) is 5.22. The van der Waals surface area contributed by atoms with Gasteiger partial charge in [-0.1, -0.05) is 31.2 Å². The first-order valence-electron chi connectivity index (χ1n) is 12.1. The zero-order valence-electron chi connectivity index (χ0n) is 21.0. The first-order chi connectivity index (χ1) is 17.5. The largest absolute Gasteiger partial charge is 0.488 e. The number of hydrogen-bond acceptors (Lipinski definition) is 6. The van der Waals surface area contributed by atoms with Crippen molar-refractivity contribution < 1.29 is 4.74 Å². The van der Waals surface area contributed by atoms with Gasteiger partial charge in [0.25, 0.3) is 0 Å². The lowest BCUT2D eigenvalue weighted by Gasteiger charge is -2.18. The fourth-order valence-corrected chi connectivity index (χ4v) is 5.22. The third-order valence-electron chi connectivity index (χ3n) is 6.84. The Morgan fingerprint density at radius 1 is 1.06 bits per heavy atom. The molecule has 4 heterocycles. The molecule has 6 rings (SSSR count). The van der Waals surface area contributed by atoms with Crippen LogP contribution in [0.5, 0.6) is 5.75 Å². The molecule has 180 valence electrons. The Morgan fingerprint density at radius 3 is 2.67 bits per heavy atom. The molecule has 8 heteroatoms. The second-order valence-electron chi connectivity index (χ2n) is 9.29. The summed E-state index contributed by atoms with van der Waals surface area (Å²) in [5.74, 6) is 2.36. The van der Waals surface area contributed by atoms with E-state index in [0.29, 0.717) is 12.4 Å². The molecule has 0 radical (unpaired) electrons. The van der Waals surface area contributed by atoms with E-state index in [1.807, 2.05) is 19.9 Å². The summed E-state index contributed by atoms with van der Waals surface area (Å²) in [7, 11) is 0. The van der Waals surface area contributed by atoms with E-state index < -0.39 is 0 Å². The van der Waals surface area contributed by atoms with E-state index in [-0.39, 0.29) is 0 Å². The van der Waals surface area contributed by atoms with Gasteiger partial charge < -0.3 is 4.74 Å². The minimum Gasteiger partial charge on any atom is -0.488 e. The Balaban J connectivity index is 1.64.